The van der Waals surface area contributed by atoms with Crippen LogP contribution in [0.1, 0.15) is 40.7 Å². The predicted octanol–water partition coefficient (Wildman–Crippen LogP) is 4.88. The number of likely N-dealkylation sites (tertiary alicyclic amines) is 1. The molecule has 2 aliphatic rings. The number of piperidine rings is 1. The Balaban J connectivity index is 1.51. The summed E-state index contributed by atoms with van der Waals surface area (Å²) < 4.78 is 11.6. The summed E-state index contributed by atoms with van der Waals surface area (Å²) in [7, 11) is 1.46. The molecule has 36 heavy (non-hydrogen) atoms. The number of benzene rings is 2. The van der Waals surface area contributed by atoms with Crippen molar-refractivity contribution in [1.82, 2.24) is 9.80 Å². The van der Waals surface area contributed by atoms with E-state index in [-0.39, 0.29) is 23.1 Å². The van der Waals surface area contributed by atoms with Gasteiger partial charge in [-0.25, -0.2) is 4.79 Å². The second kappa shape index (κ2) is 11.5. The Hall–Kier alpha value is -2.86. The molecular weight excluding hydrogens is 595 g/mol. The van der Waals surface area contributed by atoms with Gasteiger partial charge in [0.25, 0.3) is 11.1 Å². The number of carbonyl (C=O) groups excluding carboxylic acids is 4. The maximum Gasteiger partial charge on any atom is 0.343 e. The van der Waals surface area contributed by atoms with Crippen LogP contribution in [0, 0.1) is 10.5 Å². The lowest BCUT2D eigenvalue weighted by Crippen LogP contribution is -2.44. The number of nitrogens with zero attached hydrogens (tertiary/aromatic N) is 2. The van der Waals surface area contributed by atoms with E-state index in [1.54, 1.807) is 35.2 Å². The number of carbonyl (C=O) groups is 4. The fourth-order valence-electron chi connectivity index (χ4n) is 3.93. The third-order valence-corrected chi connectivity index (χ3v) is 7.62. The summed E-state index contributed by atoms with van der Waals surface area (Å²) in [5, 5.41) is -0.470. The first-order valence-electron chi connectivity index (χ1n) is 11.5. The van der Waals surface area contributed by atoms with E-state index in [2.05, 4.69) is 0 Å². The Morgan fingerprint density at radius 1 is 1.08 bits per heavy atom. The molecule has 0 N–H and O–H groups in total. The maximum atomic E-state index is 12.9. The molecule has 0 saturated carbocycles. The van der Waals surface area contributed by atoms with Crippen LogP contribution in [-0.4, -0.2) is 59.6 Å². The summed E-state index contributed by atoms with van der Waals surface area (Å²) in [4.78, 5) is 53.5. The smallest absolute Gasteiger partial charge is 0.343 e. The Morgan fingerprint density at radius 2 is 1.78 bits per heavy atom. The van der Waals surface area contributed by atoms with Gasteiger partial charge in [0.1, 0.15) is 6.54 Å². The van der Waals surface area contributed by atoms with Crippen LogP contribution in [0.5, 0.6) is 11.5 Å². The molecule has 188 valence electrons. The van der Waals surface area contributed by atoms with Crippen molar-refractivity contribution in [1.29, 1.82) is 0 Å². The topological polar surface area (TPSA) is 93.2 Å². The summed E-state index contributed by atoms with van der Waals surface area (Å²) in [5.41, 5.74) is 2.04. The number of rotatable bonds is 6. The van der Waals surface area contributed by atoms with Gasteiger partial charge >= 0.3 is 5.97 Å². The third-order valence-electron chi connectivity index (χ3n) is 5.91. The van der Waals surface area contributed by atoms with E-state index in [1.807, 2.05) is 41.6 Å². The molecule has 0 aliphatic carbocycles. The van der Waals surface area contributed by atoms with Crippen molar-refractivity contribution in [2.45, 2.75) is 26.2 Å². The molecule has 2 saturated heterocycles. The van der Waals surface area contributed by atoms with E-state index in [1.165, 1.54) is 7.11 Å². The van der Waals surface area contributed by atoms with Crippen molar-refractivity contribution in [3.63, 3.8) is 0 Å². The zero-order valence-electron chi connectivity index (χ0n) is 19.9. The van der Waals surface area contributed by atoms with Gasteiger partial charge in [-0.2, -0.15) is 0 Å². The molecule has 2 aromatic rings. The lowest BCUT2D eigenvalue weighted by atomic mass is 10.1. The summed E-state index contributed by atoms with van der Waals surface area (Å²) in [6.45, 7) is 2.99. The first-order valence-corrected chi connectivity index (χ1v) is 13.4. The first kappa shape index (κ1) is 26.2. The highest BCUT2D eigenvalue weighted by Crippen LogP contribution is 2.37. The molecule has 2 aliphatic heterocycles. The number of thioether (sulfide) groups is 1. The molecule has 0 radical (unpaired) electrons. The van der Waals surface area contributed by atoms with Crippen LogP contribution in [0.2, 0.25) is 0 Å². The molecular formula is C26H25IN2O6S. The lowest BCUT2D eigenvalue weighted by molar-refractivity contribution is -0.136. The number of ether oxygens (including phenoxy) is 2. The number of aryl methyl sites for hydroxylation is 1. The number of hydrogen-bond donors (Lipinski definition) is 0. The first-order chi connectivity index (χ1) is 17.3. The molecule has 0 unspecified atom stereocenters. The molecule has 3 amide bonds. The van der Waals surface area contributed by atoms with Gasteiger partial charge in [0.15, 0.2) is 11.5 Å². The van der Waals surface area contributed by atoms with Crippen molar-refractivity contribution >= 4 is 63.5 Å². The number of methoxy groups -OCH3 is 1. The molecule has 2 heterocycles. The second-order valence-corrected chi connectivity index (χ2v) is 10.7. The van der Waals surface area contributed by atoms with E-state index >= 15 is 0 Å². The van der Waals surface area contributed by atoms with Crippen LogP contribution in [0.15, 0.2) is 41.3 Å². The molecule has 0 atom stereocenters. The zero-order valence-corrected chi connectivity index (χ0v) is 22.9. The van der Waals surface area contributed by atoms with E-state index in [9.17, 15) is 19.2 Å². The monoisotopic (exact) mass is 620 g/mol. The minimum absolute atomic E-state index is 0.214. The predicted molar refractivity (Wildman–Crippen MR) is 145 cm³/mol. The van der Waals surface area contributed by atoms with Crippen LogP contribution >= 0.6 is 34.4 Å². The average Bonchev–Trinajstić information content (AvgIpc) is 3.13. The highest BCUT2D eigenvalue weighted by Gasteiger charge is 2.37. The van der Waals surface area contributed by atoms with E-state index < -0.39 is 17.1 Å². The Kier molecular flexibility index (Phi) is 8.35. The van der Waals surface area contributed by atoms with Crippen LogP contribution < -0.4 is 9.47 Å². The fourth-order valence-corrected chi connectivity index (χ4v) is 5.50. The maximum absolute atomic E-state index is 12.9. The van der Waals surface area contributed by atoms with Gasteiger partial charge in [-0.3, -0.25) is 19.3 Å². The van der Waals surface area contributed by atoms with Crippen molar-refractivity contribution in [2.24, 2.45) is 0 Å². The number of imide groups is 1. The highest BCUT2D eigenvalue weighted by molar-refractivity contribution is 14.1. The Bertz CT molecular complexity index is 1240. The number of esters is 1. The van der Waals surface area contributed by atoms with Crippen molar-refractivity contribution in [3.05, 3.63) is 61.6 Å². The van der Waals surface area contributed by atoms with Gasteiger partial charge in [0.2, 0.25) is 5.91 Å². The van der Waals surface area contributed by atoms with Crippen molar-refractivity contribution in [3.8, 4) is 11.5 Å². The van der Waals surface area contributed by atoms with Crippen molar-refractivity contribution in [2.75, 3.05) is 26.7 Å². The molecule has 8 nitrogen and oxygen atoms in total. The summed E-state index contributed by atoms with van der Waals surface area (Å²) >= 11 is 2.82. The SMILES string of the molecule is COc1cc(/C=C2\SC(=O)N(CC(=O)N3CCCCC3)C2=O)cc(I)c1OC(=O)c1ccc(C)cc1. The number of hydrogen-bond acceptors (Lipinski definition) is 7. The Labute approximate surface area is 227 Å². The molecule has 0 aromatic heterocycles. The van der Waals surface area contributed by atoms with E-state index in [0.29, 0.717) is 33.5 Å². The van der Waals surface area contributed by atoms with Gasteiger partial charge in [0.05, 0.1) is 21.1 Å². The van der Waals surface area contributed by atoms with Crippen LogP contribution in [0.25, 0.3) is 6.08 Å². The number of halogens is 1. The van der Waals surface area contributed by atoms with Gasteiger partial charge in [-0.15, -0.1) is 0 Å². The minimum Gasteiger partial charge on any atom is -0.493 e. The Morgan fingerprint density at radius 3 is 2.44 bits per heavy atom. The average molecular weight is 620 g/mol. The van der Waals surface area contributed by atoms with Gasteiger partial charge in [-0.1, -0.05) is 17.7 Å². The summed E-state index contributed by atoms with van der Waals surface area (Å²) in [5.74, 6) is -0.652. The quantitative estimate of drug-likeness (QED) is 0.197. The molecule has 2 aromatic carbocycles. The largest absolute Gasteiger partial charge is 0.493 e. The second-order valence-electron chi connectivity index (χ2n) is 8.50. The van der Waals surface area contributed by atoms with E-state index in [0.717, 1.165) is 41.5 Å². The lowest BCUT2D eigenvalue weighted by Gasteiger charge is -2.27. The van der Waals surface area contributed by atoms with Gasteiger partial charge in [-0.05, 0) is 96.4 Å². The molecule has 4 rings (SSSR count). The van der Waals surface area contributed by atoms with Crippen LogP contribution in [0.3, 0.4) is 0 Å². The standard InChI is InChI=1S/C26H25IN2O6S/c1-16-6-8-18(9-7-16)25(32)35-23-19(27)12-17(13-20(23)34-2)14-21-24(31)29(26(33)36-21)15-22(30)28-10-4-3-5-11-28/h6-9,12-14H,3-5,10-11,15H2,1-2H3/b21-14-. The molecule has 0 spiro atoms. The minimum atomic E-state index is -0.515. The van der Waals surface area contributed by atoms with Gasteiger partial charge < -0.3 is 14.4 Å². The van der Waals surface area contributed by atoms with Crippen LogP contribution in [0.4, 0.5) is 4.79 Å². The zero-order chi connectivity index (χ0) is 25.8. The third kappa shape index (κ3) is 5.92. The summed E-state index contributed by atoms with van der Waals surface area (Å²) in [6.07, 6.45) is 4.53. The molecule has 2 fully saturated rings. The fraction of sp³-hybridized carbons (Fsp3) is 0.308. The van der Waals surface area contributed by atoms with Crippen LogP contribution in [-0.2, 0) is 9.59 Å². The molecule has 0 bridgehead atoms. The van der Waals surface area contributed by atoms with E-state index in [4.69, 9.17) is 9.47 Å². The highest BCUT2D eigenvalue weighted by atomic mass is 127. The normalized spacial score (nSPS) is 17.0. The number of amides is 3. The van der Waals surface area contributed by atoms with Crippen molar-refractivity contribution < 1.29 is 28.7 Å². The van der Waals surface area contributed by atoms with Gasteiger partial charge in [0, 0.05) is 13.1 Å². The summed E-state index contributed by atoms with van der Waals surface area (Å²) in [6, 6.07) is 10.4. The molecule has 10 heteroatoms.